The van der Waals surface area contributed by atoms with Gasteiger partial charge in [-0.2, -0.15) is 0 Å². The predicted octanol–water partition coefficient (Wildman–Crippen LogP) is 3.29. The van der Waals surface area contributed by atoms with Gasteiger partial charge in [-0.05, 0) is 34.1 Å². The lowest BCUT2D eigenvalue weighted by atomic mass is 10.2. The summed E-state index contributed by atoms with van der Waals surface area (Å²) in [4.78, 5) is 25.4. The first-order chi connectivity index (χ1) is 12.9. The highest BCUT2D eigenvalue weighted by Gasteiger charge is 2.33. The van der Waals surface area contributed by atoms with Crippen LogP contribution in [0.1, 0.15) is 18.5 Å². The second kappa shape index (κ2) is 6.61. The van der Waals surface area contributed by atoms with Gasteiger partial charge in [0.2, 0.25) is 11.8 Å². The number of halogens is 1. The zero-order valence-electron chi connectivity index (χ0n) is 14.1. The lowest BCUT2D eigenvalue weighted by molar-refractivity contribution is -0.139. The Morgan fingerprint density at radius 2 is 1.48 bits per heavy atom. The van der Waals surface area contributed by atoms with Crippen LogP contribution in [0, 0.1) is 0 Å². The topological polar surface area (TPSA) is 76.5 Å². The molecule has 0 spiro atoms. The van der Waals surface area contributed by atoms with Crippen molar-refractivity contribution in [3.8, 4) is 0 Å². The minimum absolute atomic E-state index is 0.0982. The third kappa shape index (κ3) is 2.89. The number of nitrogens with zero attached hydrogens (tertiary/aromatic N) is 2. The molecule has 6 nitrogen and oxygen atoms in total. The summed E-state index contributed by atoms with van der Waals surface area (Å²) in [7, 11) is -3.91. The van der Waals surface area contributed by atoms with Gasteiger partial charge in [-0.25, -0.2) is 12.4 Å². The fourth-order valence-corrected chi connectivity index (χ4v) is 5.61. The van der Waals surface area contributed by atoms with Gasteiger partial charge in [-0.3, -0.25) is 14.5 Å². The van der Waals surface area contributed by atoms with E-state index in [2.05, 4.69) is 15.9 Å². The second-order valence-corrected chi connectivity index (χ2v) is 8.81. The zero-order valence-corrected chi connectivity index (χ0v) is 16.5. The maximum Gasteiger partial charge on any atom is 0.268 e. The second-order valence-electron chi connectivity index (χ2n) is 6.23. The molecular weight excluding hydrogens is 432 g/mol. The monoisotopic (exact) mass is 446 g/mol. The van der Waals surface area contributed by atoms with Gasteiger partial charge in [0.25, 0.3) is 10.0 Å². The summed E-state index contributed by atoms with van der Waals surface area (Å²) in [5.74, 6) is -0.582. The number of carbonyl (C=O) groups excluding carboxylic acids is 2. The number of hydrogen-bond donors (Lipinski definition) is 0. The molecule has 1 fully saturated rings. The van der Waals surface area contributed by atoms with Gasteiger partial charge in [-0.15, -0.1) is 0 Å². The minimum atomic E-state index is -3.91. The van der Waals surface area contributed by atoms with Crippen molar-refractivity contribution in [3.63, 3.8) is 0 Å². The van der Waals surface area contributed by atoms with Crippen LogP contribution in [-0.4, -0.2) is 29.1 Å². The maximum atomic E-state index is 13.4. The van der Waals surface area contributed by atoms with Gasteiger partial charge in [0.1, 0.15) is 0 Å². The van der Waals surface area contributed by atoms with Gasteiger partial charge >= 0.3 is 0 Å². The maximum absolute atomic E-state index is 13.4. The third-order valence-electron chi connectivity index (χ3n) is 4.60. The Bertz CT molecular complexity index is 1150. The van der Waals surface area contributed by atoms with E-state index in [4.69, 9.17) is 0 Å². The highest BCUT2D eigenvalue weighted by Crippen LogP contribution is 2.35. The predicted molar refractivity (Wildman–Crippen MR) is 103 cm³/mol. The molecule has 0 unspecified atom stereocenters. The van der Waals surface area contributed by atoms with Gasteiger partial charge in [0.05, 0.1) is 22.7 Å². The van der Waals surface area contributed by atoms with E-state index in [1.54, 1.807) is 36.4 Å². The quantitative estimate of drug-likeness (QED) is 0.576. The fraction of sp³-hybridized carbons (Fsp3) is 0.158. The third-order valence-corrected chi connectivity index (χ3v) is 7.25. The number of fused-ring (bicyclic) bond motifs is 1. The smallest absolute Gasteiger partial charge is 0.268 e. The first-order valence-corrected chi connectivity index (χ1v) is 10.6. The number of rotatable bonds is 4. The van der Waals surface area contributed by atoms with Gasteiger partial charge in [0, 0.05) is 22.7 Å². The number of carbonyl (C=O) groups is 2. The van der Waals surface area contributed by atoms with E-state index in [1.807, 2.05) is 6.07 Å². The van der Waals surface area contributed by atoms with Gasteiger partial charge < -0.3 is 0 Å². The molecule has 0 aliphatic carbocycles. The number of amides is 2. The highest BCUT2D eigenvalue weighted by molar-refractivity contribution is 9.10. The van der Waals surface area contributed by atoms with Crippen LogP contribution in [0.5, 0.6) is 0 Å². The Balaban J connectivity index is 1.96. The number of imide groups is 1. The van der Waals surface area contributed by atoms with E-state index in [1.165, 1.54) is 16.1 Å². The first kappa shape index (κ1) is 17.9. The van der Waals surface area contributed by atoms with E-state index in [0.717, 1.165) is 4.90 Å². The molecule has 3 aromatic rings. The average molecular weight is 447 g/mol. The van der Waals surface area contributed by atoms with Crippen LogP contribution in [0.4, 0.5) is 0 Å². The summed E-state index contributed by atoms with van der Waals surface area (Å²) in [5.41, 5.74) is 0.839. The van der Waals surface area contributed by atoms with Crippen LogP contribution >= 0.6 is 15.9 Å². The molecule has 1 saturated heterocycles. The molecule has 2 amide bonds. The summed E-state index contributed by atoms with van der Waals surface area (Å²) in [5, 5.41) is 0.700. The molecule has 2 aromatic carbocycles. The van der Waals surface area contributed by atoms with E-state index < -0.39 is 10.0 Å². The fourth-order valence-electron chi connectivity index (χ4n) is 3.28. The molecule has 1 aliphatic heterocycles. The SMILES string of the molecule is O=C1CCC(=O)N1Cc1c(Br)c2ccccc2n1S(=O)(=O)c1ccccc1. The van der Waals surface area contributed by atoms with Crippen molar-refractivity contribution in [1.82, 2.24) is 8.87 Å². The van der Waals surface area contributed by atoms with Crippen LogP contribution < -0.4 is 0 Å². The first-order valence-electron chi connectivity index (χ1n) is 8.33. The molecule has 0 radical (unpaired) electrons. The van der Waals surface area contributed by atoms with Crippen molar-refractivity contribution in [1.29, 1.82) is 0 Å². The molecule has 138 valence electrons. The van der Waals surface area contributed by atoms with Crippen LogP contribution in [0.3, 0.4) is 0 Å². The molecule has 0 saturated carbocycles. The molecule has 1 aromatic heterocycles. The van der Waals surface area contributed by atoms with Crippen LogP contribution in [0.15, 0.2) is 64.0 Å². The normalized spacial score (nSPS) is 15.1. The molecular formula is C19H15BrN2O4S. The molecule has 0 bridgehead atoms. The Labute approximate surface area is 164 Å². The standard InChI is InChI=1S/C19H15BrN2O4S/c20-19-14-8-4-5-9-15(14)22(27(25,26)13-6-2-1-3-7-13)16(19)12-21-17(23)10-11-18(21)24/h1-9H,10-12H2. The molecule has 0 atom stereocenters. The number of aromatic nitrogens is 1. The van der Waals surface area contributed by atoms with E-state index >= 15 is 0 Å². The van der Waals surface area contributed by atoms with E-state index in [0.29, 0.717) is 21.1 Å². The summed E-state index contributed by atoms with van der Waals surface area (Å²) in [6.07, 6.45) is 0.310. The van der Waals surface area contributed by atoms with E-state index in [-0.39, 0.29) is 36.1 Å². The van der Waals surface area contributed by atoms with Crippen molar-refractivity contribution < 1.29 is 18.0 Å². The number of likely N-dealkylation sites (tertiary alicyclic amines) is 1. The Kier molecular flexibility index (Phi) is 4.39. The van der Waals surface area contributed by atoms with Crippen molar-refractivity contribution in [2.75, 3.05) is 0 Å². The average Bonchev–Trinajstić information content (AvgIpc) is 3.15. The Morgan fingerprint density at radius 3 is 2.15 bits per heavy atom. The zero-order chi connectivity index (χ0) is 19.2. The summed E-state index contributed by atoms with van der Waals surface area (Å²) < 4.78 is 28.5. The largest absolute Gasteiger partial charge is 0.277 e. The summed E-state index contributed by atoms with van der Waals surface area (Å²) >= 11 is 3.48. The Hall–Kier alpha value is -2.45. The molecule has 0 N–H and O–H groups in total. The lowest BCUT2D eigenvalue weighted by Gasteiger charge is -2.17. The molecule has 4 rings (SSSR count). The van der Waals surface area contributed by atoms with Crippen LogP contribution in [0.2, 0.25) is 0 Å². The van der Waals surface area contributed by atoms with Gasteiger partial charge in [0.15, 0.2) is 0 Å². The molecule has 27 heavy (non-hydrogen) atoms. The van der Waals surface area contributed by atoms with Crippen LogP contribution in [-0.2, 0) is 26.2 Å². The minimum Gasteiger partial charge on any atom is -0.277 e. The number of hydrogen-bond acceptors (Lipinski definition) is 4. The number of para-hydroxylation sites is 1. The van der Waals surface area contributed by atoms with Crippen molar-refractivity contribution in [3.05, 3.63) is 64.8 Å². The molecule has 8 heteroatoms. The van der Waals surface area contributed by atoms with Crippen molar-refractivity contribution in [2.45, 2.75) is 24.3 Å². The molecule has 1 aliphatic rings. The molecule has 2 heterocycles. The Morgan fingerprint density at radius 1 is 0.889 bits per heavy atom. The van der Waals surface area contributed by atoms with Crippen molar-refractivity contribution in [2.24, 2.45) is 0 Å². The highest BCUT2D eigenvalue weighted by atomic mass is 79.9. The van der Waals surface area contributed by atoms with E-state index in [9.17, 15) is 18.0 Å². The lowest BCUT2D eigenvalue weighted by Crippen LogP contribution is -2.30. The summed E-state index contributed by atoms with van der Waals surface area (Å²) in [6, 6.07) is 15.2. The van der Waals surface area contributed by atoms with Gasteiger partial charge in [-0.1, -0.05) is 36.4 Å². The number of benzene rings is 2. The van der Waals surface area contributed by atoms with Crippen molar-refractivity contribution >= 4 is 48.7 Å². The summed E-state index contributed by atoms with van der Waals surface area (Å²) in [6.45, 7) is -0.0982. The van der Waals surface area contributed by atoms with Crippen LogP contribution in [0.25, 0.3) is 10.9 Å².